The van der Waals surface area contributed by atoms with Gasteiger partial charge in [-0.2, -0.15) is 0 Å². The van der Waals surface area contributed by atoms with Crippen molar-refractivity contribution in [2.24, 2.45) is 5.92 Å². The van der Waals surface area contributed by atoms with E-state index in [-0.39, 0.29) is 18.2 Å². The molecule has 0 amide bonds. The number of benzene rings is 1. The molecule has 2 aromatic rings. The van der Waals surface area contributed by atoms with Crippen molar-refractivity contribution in [3.63, 3.8) is 0 Å². The summed E-state index contributed by atoms with van der Waals surface area (Å²) in [4.78, 5) is 24.4. The van der Waals surface area contributed by atoms with Crippen LogP contribution in [0.25, 0.3) is 16.2 Å². The van der Waals surface area contributed by atoms with Crippen molar-refractivity contribution >= 4 is 39.3 Å². The van der Waals surface area contributed by atoms with Crippen LogP contribution in [0.4, 0.5) is 0 Å². The van der Waals surface area contributed by atoms with E-state index in [9.17, 15) is 9.59 Å². The number of carbonyl (C=O) groups is 2. The summed E-state index contributed by atoms with van der Waals surface area (Å²) in [5.74, 6) is -0.143. The maximum Gasteiger partial charge on any atom is 0.308 e. The van der Waals surface area contributed by atoms with Crippen molar-refractivity contribution < 1.29 is 19.1 Å². The minimum atomic E-state index is -0.444. The summed E-state index contributed by atoms with van der Waals surface area (Å²) in [7, 11) is 2.93. The average molecular weight is 318 g/mol. The molecular weight excluding hydrogens is 300 g/mol. The Morgan fingerprint density at radius 3 is 2.64 bits per heavy atom. The van der Waals surface area contributed by atoms with Gasteiger partial charge in [-0.05, 0) is 23.6 Å². The molecule has 2 rings (SSSR count). The Morgan fingerprint density at radius 2 is 2.05 bits per heavy atom. The average Bonchev–Trinajstić information content (AvgIpc) is 2.95. The normalized spacial score (nSPS) is 12.0. The number of ether oxygens (including phenoxy) is 2. The summed E-state index contributed by atoms with van der Waals surface area (Å²) in [6, 6.07) is 5.69. The molecule has 0 fully saturated rings. The lowest BCUT2D eigenvalue weighted by Gasteiger charge is -2.06. The highest BCUT2D eigenvalue weighted by Gasteiger charge is 2.20. The largest absolute Gasteiger partial charge is 0.496 e. The smallest absolute Gasteiger partial charge is 0.308 e. The Bertz CT molecular complexity index is 730. The predicted molar refractivity (Wildman–Crippen MR) is 88.6 cm³/mol. The van der Waals surface area contributed by atoms with Gasteiger partial charge in [0, 0.05) is 16.7 Å². The number of fused-ring (bicyclic) bond motifs is 1. The van der Waals surface area contributed by atoms with Gasteiger partial charge in [0.1, 0.15) is 5.75 Å². The van der Waals surface area contributed by atoms with Crippen LogP contribution < -0.4 is 4.74 Å². The first-order valence-corrected chi connectivity index (χ1v) is 7.66. The summed E-state index contributed by atoms with van der Waals surface area (Å²) >= 11 is 1.40. The van der Waals surface area contributed by atoms with E-state index in [0.717, 1.165) is 21.4 Å². The van der Waals surface area contributed by atoms with Gasteiger partial charge in [0.05, 0.1) is 25.0 Å². The van der Waals surface area contributed by atoms with Crippen molar-refractivity contribution in [1.29, 1.82) is 0 Å². The van der Waals surface area contributed by atoms with Gasteiger partial charge in [0.25, 0.3) is 0 Å². The molecule has 0 aliphatic carbocycles. The fourth-order valence-electron chi connectivity index (χ4n) is 2.22. The van der Waals surface area contributed by atoms with Gasteiger partial charge in [0.2, 0.25) is 0 Å². The van der Waals surface area contributed by atoms with Crippen molar-refractivity contribution in [2.45, 2.75) is 13.3 Å². The second-order valence-corrected chi connectivity index (χ2v) is 6.08. The molecule has 116 valence electrons. The van der Waals surface area contributed by atoms with Crippen LogP contribution in [0, 0.1) is 5.92 Å². The summed E-state index contributed by atoms with van der Waals surface area (Å²) in [6.07, 6.45) is 1.86. The quantitative estimate of drug-likeness (QED) is 0.598. The number of hydrogen-bond donors (Lipinski definition) is 0. The molecule has 0 bridgehead atoms. The molecule has 1 heterocycles. The molecule has 1 unspecified atom stereocenters. The van der Waals surface area contributed by atoms with Gasteiger partial charge in [-0.1, -0.05) is 19.6 Å². The fourth-order valence-corrected chi connectivity index (χ4v) is 3.24. The molecule has 0 N–H and O–H groups in total. The van der Waals surface area contributed by atoms with Gasteiger partial charge >= 0.3 is 5.97 Å². The van der Waals surface area contributed by atoms with Crippen LogP contribution in [0.5, 0.6) is 5.75 Å². The summed E-state index contributed by atoms with van der Waals surface area (Å²) in [5.41, 5.74) is 0.884. The minimum Gasteiger partial charge on any atom is -0.496 e. The first kappa shape index (κ1) is 16.2. The van der Waals surface area contributed by atoms with Crippen LogP contribution in [0.1, 0.15) is 28.6 Å². The van der Waals surface area contributed by atoms with Crippen molar-refractivity contribution in [2.75, 3.05) is 14.2 Å². The van der Waals surface area contributed by atoms with Crippen molar-refractivity contribution in [1.82, 2.24) is 0 Å². The van der Waals surface area contributed by atoms with E-state index in [1.165, 1.54) is 18.4 Å². The Labute approximate surface area is 133 Å². The molecule has 0 radical (unpaired) electrons. The maximum atomic E-state index is 12.3. The third-order valence-electron chi connectivity index (χ3n) is 3.46. The molecular formula is C17H18O4S. The second-order valence-electron chi connectivity index (χ2n) is 5.00. The van der Waals surface area contributed by atoms with E-state index in [2.05, 4.69) is 11.3 Å². The van der Waals surface area contributed by atoms with Crippen LogP contribution in [0.3, 0.4) is 0 Å². The molecule has 5 heteroatoms. The van der Waals surface area contributed by atoms with Gasteiger partial charge < -0.3 is 9.47 Å². The van der Waals surface area contributed by atoms with Gasteiger partial charge in [0.15, 0.2) is 5.78 Å². The minimum absolute atomic E-state index is 0.0572. The van der Waals surface area contributed by atoms with E-state index in [1.54, 1.807) is 20.1 Å². The van der Waals surface area contributed by atoms with Crippen LogP contribution in [0.2, 0.25) is 0 Å². The van der Waals surface area contributed by atoms with E-state index >= 15 is 0 Å². The molecule has 0 aliphatic rings. The summed E-state index contributed by atoms with van der Waals surface area (Å²) < 4.78 is 10.9. The standard InChI is InChI=1S/C17H18O4S/c1-5-11-7-12-8-16(22-15(12)9-14(11)20-3)13(18)6-10(2)17(19)21-4/h5,7-10H,1,6H2,2-4H3. The molecule has 1 aromatic carbocycles. The monoisotopic (exact) mass is 318 g/mol. The van der Waals surface area contributed by atoms with Gasteiger partial charge in [-0.25, -0.2) is 0 Å². The number of ketones is 1. The topological polar surface area (TPSA) is 52.6 Å². The van der Waals surface area contributed by atoms with Crippen LogP contribution in [-0.2, 0) is 9.53 Å². The van der Waals surface area contributed by atoms with Gasteiger partial charge in [-0.3, -0.25) is 9.59 Å². The molecule has 1 atom stereocenters. The second kappa shape index (κ2) is 6.75. The fraction of sp³-hybridized carbons (Fsp3) is 0.294. The van der Waals surface area contributed by atoms with E-state index < -0.39 is 5.92 Å². The molecule has 1 aromatic heterocycles. The number of esters is 1. The summed E-state index contributed by atoms with van der Waals surface area (Å²) in [5, 5.41) is 0.967. The molecule has 0 saturated heterocycles. The predicted octanol–water partition coefficient (Wildman–Crippen LogP) is 3.93. The van der Waals surface area contributed by atoms with Gasteiger partial charge in [-0.15, -0.1) is 11.3 Å². The molecule has 22 heavy (non-hydrogen) atoms. The number of carbonyl (C=O) groups excluding carboxylic acids is 2. The Morgan fingerprint density at radius 1 is 1.32 bits per heavy atom. The SMILES string of the molecule is C=Cc1cc2cc(C(=O)CC(C)C(=O)OC)sc2cc1OC. The van der Waals surface area contributed by atoms with Crippen LogP contribution >= 0.6 is 11.3 Å². The molecule has 0 saturated carbocycles. The Kier molecular flexibility index (Phi) is 4.98. The lowest BCUT2D eigenvalue weighted by Crippen LogP contribution is -2.16. The summed E-state index contributed by atoms with van der Waals surface area (Å²) in [6.45, 7) is 5.45. The Balaban J connectivity index is 2.31. The third kappa shape index (κ3) is 3.20. The highest BCUT2D eigenvalue weighted by Crippen LogP contribution is 2.33. The van der Waals surface area contributed by atoms with Crippen molar-refractivity contribution in [3.05, 3.63) is 35.2 Å². The lowest BCUT2D eigenvalue weighted by molar-refractivity contribution is -0.144. The number of methoxy groups -OCH3 is 2. The number of Topliss-reactive ketones (excluding diaryl/α,β-unsaturated/α-hetero) is 1. The first-order valence-electron chi connectivity index (χ1n) is 6.85. The van der Waals surface area contributed by atoms with E-state index in [1.807, 2.05) is 18.2 Å². The molecule has 4 nitrogen and oxygen atoms in total. The maximum absolute atomic E-state index is 12.3. The highest BCUT2D eigenvalue weighted by atomic mass is 32.1. The Hall–Kier alpha value is -2.14. The number of rotatable bonds is 6. The van der Waals surface area contributed by atoms with Crippen molar-refractivity contribution in [3.8, 4) is 5.75 Å². The van der Waals surface area contributed by atoms with E-state index in [0.29, 0.717) is 4.88 Å². The first-order chi connectivity index (χ1) is 10.5. The molecule has 0 spiro atoms. The third-order valence-corrected chi connectivity index (χ3v) is 4.60. The number of hydrogen-bond acceptors (Lipinski definition) is 5. The number of thiophene rings is 1. The van der Waals surface area contributed by atoms with Crippen LogP contribution in [0.15, 0.2) is 24.8 Å². The lowest BCUT2D eigenvalue weighted by atomic mass is 10.0. The van der Waals surface area contributed by atoms with E-state index in [4.69, 9.17) is 4.74 Å². The highest BCUT2D eigenvalue weighted by molar-refractivity contribution is 7.20. The zero-order valence-electron chi connectivity index (χ0n) is 12.8. The zero-order chi connectivity index (χ0) is 16.3. The van der Waals surface area contributed by atoms with Crippen LogP contribution in [-0.4, -0.2) is 26.0 Å². The zero-order valence-corrected chi connectivity index (χ0v) is 13.7. The molecule has 0 aliphatic heterocycles.